The van der Waals surface area contributed by atoms with Gasteiger partial charge in [0.15, 0.2) is 0 Å². The van der Waals surface area contributed by atoms with Crippen molar-refractivity contribution >= 4 is 0 Å². The highest BCUT2D eigenvalue weighted by Gasteiger charge is 1.55. The van der Waals surface area contributed by atoms with Crippen LogP contribution in [0.2, 0.25) is 0 Å². The van der Waals surface area contributed by atoms with Crippen LogP contribution in [0.4, 0.5) is 0 Å². The molecule has 0 rings (SSSR count). The fourth-order valence-corrected chi connectivity index (χ4v) is 0. The molecule has 0 radical (unpaired) electrons. The summed E-state index contributed by atoms with van der Waals surface area (Å²) in [5.41, 5.74) is 5.03. The van der Waals surface area contributed by atoms with E-state index >= 15 is 0 Å². The Hall–Kier alpha value is -0.0400. The maximum Gasteiger partial charge on any atom is 0 e. The van der Waals surface area contributed by atoms with Crippen LogP contribution in [0.3, 0.4) is 0 Å². The summed E-state index contributed by atoms with van der Waals surface area (Å²) < 4.78 is 0. The zero-order valence-corrected chi connectivity index (χ0v) is 2.99. The van der Waals surface area contributed by atoms with Gasteiger partial charge in [-0.05, 0) is 13.0 Å². The van der Waals surface area contributed by atoms with Gasteiger partial charge in [-0.1, -0.05) is 6.92 Å². The molecule has 0 atom stereocenters. The summed E-state index contributed by atoms with van der Waals surface area (Å²) in [6.45, 7) is 2.88. The Balaban J connectivity index is 0. The van der Waals surface area contributed by atoms with Gasteiger partial charge < -0.3 is 5.73 Å². The van der Waals surface area contributed by atoms with E-state index in [1.165, 1.54) is 0 Å². The number of rotatable bonds is 1. The van der Waals surface area contributed by atoms with Gasteiger partial charge in [0.25, 0.3) is 0 Å². The van der Waals surface area contributed by atoms with Crippen molar-refractivity contribution in [2.75, 3.05) is 6.54 Å². The molecule has 0 spiro atoms. The lowest BCUT2D eigenvalue weighted by molar-refractivity contribution is 0.932. The summed E-state index contributed by atoms with van der Waals surface area (Å²) in [7, 11) is 0. The van der Waals surface area contributed by atoms with E-state index in [0.29, 0.717) is 0 Å². The molecule has 1 nitrogen and oxygen atoms in total. The standard InChI is InChI=1S/C3H9N.H2/c1-2-3-4;/h2-4H2,1H3;1H/i;1+1. The van der Waals surface area contributed by atoms with Crippen LogP contribution in [0.5, 0.6) is 0 Å². The predicted octanol–water partition coefficient (Wildman–Crippen LogP) is 0.601. The molecule has 0 aliphatic rings. The van der Waals surface area contributed by atoms with Crippen molar-refractivity contribution in [3.63, 3.8) is 0 Å². The van der Waals surface area contributed by atoms with Gasteiger partial charge in [0.1, 0.15) is 0 Å². The maximum absolute atomic E-state index is 5.03. The summed E-state index contributed by atoms with van der Waals surface area (Å²) in [6.07, 6.45) is 1.10. The van der Waals surface area contributed by atoms with Gasteiger partial charge in [0.05, 0.1) is 0 Å². The molecule has 0 saturated carbocycles. The quantitative estimate of drug-likeness (QED) is 0.473. The Bertz CT molecular complexity index is 8.85. The summed E-state index contributed by atoms with van der Waals surface area (Å²) in [5.74, 6) is 0. The van der Waals surface area contributed by atoms with Crippen molar-refractivity contribution in [1.29, 1.82) is 0 Å². The summed E-state index contributed by atoms with van der Waals surface area (Å²) in [4.78, 5) is 0. The van der Waals surface area contributed by atoms with Gasteiger partial charge in [-0.25, -0.2) is 0 Å². The molecule has 0 aliphatic heterocycles. The normalized spacial score (nSPS) is 7.50. The SMILES string of the molecule is CCCN.[2HH]. The summed E-state index contributed by atoms with van der Waals surface area (Å²) in [6, 6.07) is 0. The highest BCUT2D eigenvalue weighted by molar-refractivity contribution is 4.19. The van der Waals surface area contributed by atoms with Gasteiger partial charge >= 0.3 is 0 Å². The van der Waals surface area contributed by atoms with E-state index in [0.717, 1.165) is 13.0 Å². The zero-order chi connectivity index (χ0) is 3.41. The van der Waals surface area contributed by atoms with E-state index in [1.54, 1.807) is 0 Å². The minimum atomic E-state index is 0. The van der Waals surface area contributed by atoms with Gasteiger partial charge in [-0.3, -0.25) is 0 Å². The molecule has 0 saturated heterocycles. The molecular formula is C3H11N. The fourth-order valence-electron chi connectivity index (χ4n) is 0. The molecular weight excluding hydrogens is 50.0 g/mol. The third kappa shape index (κ3) is 1.96. The highest BCUT2D eigenvalue weighted by Crippen LogP contribution is 1.57. The molecule has 2 N–H and O–H groups in total. The van der Waals surface area contributed by atoms with Crippen LogP contribution < -0.4 is 5.73 Å². The first-order chi connectivity index (χ1) is 1.91. The van der Waals surface area contributed by atoms with Crippen LogP contribution in [-0.4, -0.2) is 6.54 Å². The minimum absolute atomic E-state index is 0. The van der Waals surface area contributed by atoms with E-state index in [1.807, 2.05) is 0 Å². The molecule has 28 valence electrons. The van der Waals surface area contributed by atoms with Gasteiger partial charge in [-0.2, -0.15) is 0 Å². The fraction of sp³-hybridized carbons (Fsp3) is 1.00. The van der Waals surface area contributed by atoms with E-state index in [9.17, 15) is 0 Å². The predicted molar refractivity (Wildman–Crippen MR) is 21.5 cm³/mol. The lowest BCUT2D eigenvalue weighted by Gasteiger charge is -1.70. The molecule has 1 heteroatoms. The third-order valence-corrected chi connectivity index (χ3v) is 0.289. The first-order valence-electron chi connectivity index (χ1n) is 1.62. The molecule has 0 aromatic heterocycles. The minimum Gasteiger partial charge on any atom is -0.330 e. The maximum atomic E-state index is 5.03. The van der Waals surface area contributed by atoms with Crippen molar-refractivity contribution in [3.05, 3.63) is 0 Å². The molecule has 0 aromatic rings. The monoisotopic (exact) mass is 62.1 g/mol. The Morgan fingerprint density at radius 1 is 2.00 bits per heavy atom. The zero-order valence-electron chi connectivity index (χ0n) is 2.99. The lowest BCUT2D eigenvalue weighted by atomic mass is 10.5. The molecule has 0 amide bonds. The average Bonchev–Trinajstić information content (AvgIpc) is 1.37. The molecule has 0 heterocycles. The molecule has 0 bridgehead atoms. The lowest BCUT2D eigenvalue weighted by Crippen LogP contribution is -1.93. The van der Waals surface area contributed by atoms with E-state index < -0.39 is 0 Å². The van der Waals surface area contributed by atoms with E-state index in [2.05, 4.69) is 6.92 Å². The smallest absolute Gasteiger partial charge is 0 e. The van der Waals surface area contributed by atoms with Crippen LogP contribution in [0.25, 0.3) is 0 Å². The van der Waals surface area contributed by atoms with Crippen molar-refractivity contribution in [3.8, 4) is 0 Å². The largest absolute Gasteiger partial charge is 0.330 e. The second-order valence-corrected chi connectivity index (χ2v) is 0.789. The Morgan fingerprint density at radius 3 is 2.25 bits per heavy atom. The Labute approximate surface area is 28.3 Å². The number of nitrogens with two attached hydrogens (primary N) is 1. The molecule has 0 aromatic carbocycles. The van der Waals surface area contributed by atoms with Crippen molar-refractivity contribution in [1.82, 2.24) is 0 Å². The van der Waals surface area contributed by atoms with Crippen LogP contribution >= 0.6 is 0 Å². The first kappa shape index (κ1) is 3.96. The molecule has 0 fully saturated rings. The Morgan fingerprint density at radius 2 is 2.25 bits per heavy atom. The third-order valence-electron chi connectivity index (χ3n) is 0.289. The summed E-state index contributed by atoms with van der Waals surface area (Å²) >= 11 is 0. The van der Waals surface area contributed by atoms with Gasteiger partial charge in [0.2, 0.25) is 0 Å². The van der Waals surface area contributed by atoms with E-state index in [4.69, 9.17) is 5.73 Å². The highest BCUT2D eigenvalue weighted by atomic mass is 14.5. The van der Waals surface area contributed by atoms with Crippen LogP contribution in [0.15, 0.2) is 0 Å². The second kappa shape index (κ2) is 2.96. The van der Waals surface area contributed by atoms with Crippen molar-refractivity contribution < 1.29 is 1.43 Å². The second-order valence-electron chi connectivity index (χ2n) is 0.789. The van der Waals surface area contributed by atoms with Crippen molar-refractivity contribution in [2.45, 2.75) is 13.3 Å². The van der Waals surface area contributed by atoms with Gasteiger partial charge in [0, 0.05) is 1.43 Å². The van der Waals surface area contributed by atoms with E-state index in [-0.39, 0.29) is 1.43 Å². The van der Waals surface area contributed by atoms with Crippen molar-refractivity contribution in [2.24, 2.45) is 5.73 Å². The van der Waals surface area contributed by atoms with Crippen LogP contribution in [-0.2, 0) is 0 Å². The molecule has 0 unspecified atom stereocenters. The first-order valence-corrected chi connectivity index (χ1v) is 1.62. The molecule has 0 aliphatic carbocycles. The Kier molecular flexibility index (Phi) is 2.93. The van der Waals surface area contributed by atoms with Gasteiger partial charge in [-0.15, -0.1) is 0 Å². The number of hydrogen-bond donors (Lipinski definition) is 1. The summed E-state index contributed by atoms with van der Waals surface area (Å²) in [5, 5.41) is 0. The average molecular weight is 62.1 g/mol. The number of hydrogen-bond acceptors (Lipinski definition) is 1. The topological polar surface area (TPSA) is 26.0 Å². The molecule has 4 heavy (non-hydrogen) atoms. The van der Waals surface area contributed by atoms with Crippen LogP contribution in [0.1, 0.15) is 14.8 Å². The van der Waals surface area contributed by atoms with Crippen LogP contribution in [0, 0.1) is 0 Å².